The molecule has 0 saturated heterocycles. The number of alkyl halides is 3. The molecule has 0 spiro atoms. The molecule has 154 valence electrons. The van der Waals surface area contributed by atoms with Crippen LogP contribution in [-0.2, 0) is 31.9 Å². The van der Waals surface area contributed by atoms with Crippen LogP contribution in [0.2, 0.25) is 0 Å². The third kappa shape index (κ3) is 8.77. The van der Waals surface area contributed by atoms with E-state index < -0.39 is 15.7 Å². The Kier molecular flexibility index (Phi) is 8.82. The third-order valence-electron chi connectivity index (χ3n) is 3.38. The van der Waals surface area contributed by atoms with Gasteiger partial charge >= 0.3 is 11.9 Å². The second-order valence-electron chi connectivity index (χ2n) is 5.74. The molecule has 29 heavy (non-hydrogen) atoms. The van der Waals surface area contributed by atoms with Gasteiger partial charge in [-0.2, -0.15) is 5.11 Å². The van der Waals surface area contributed by atoms with Crippen molar-refractivity contribution in [3.05, 3.63) is 53.9 Å². The maximum Gasteiger partial charge on any atom is 0.312 e. The molecule has 1 aromatic carbocycles. The molecule has 0 radical (unpaired) electrons. The summed E-state index contributed by atoms with van der Waals surface area (Å²) < 4.78 is 8.18. The van der Waals surface area contributed by atoms with Gasteiger partial charge in [-0.15, -0.1) is 5.11 Å². The molecule has 0 unspecified atom stereocenters. The van der Waals surface area contributed by atoms with E-state index in [0.717, 1.165) is 0 Å². The molecule has 0 aliphatic heterocycles. The van der Waals surface area contributed by atoms with Crippen LogP contribution in [0, 0.1) is 0 Å². The Morgan fingerprint density at radius 2 is 1.66 bits per heavy atom. The lowest BCUT2D eigenvalue weighted by atomic mass is 10.2. The predicted octanol–water partition coefficient (Wildman–Crippen LogP) is 5.06. The van der Waals surface area contributed by atoms with Crippen LogP contribution in [0.3, 0.4) is 0 Å². The minimum atomic E-state index is -1.69. The Bertz CT molecular complexity index is 871. The molecule has 0 aliphatic carbocycles. The molecule has 1 heterocycles. The van der Waals surface area contributed by atoms with Crippen molar-refractivity contribution in [1.29, 1.82) is 0 Å². The number of ether oxygens (including phenoxy) is 2. The van der Waals surface area contributed by atoms with Gasteiger partial charge in [-0.3, -0.25) is 14.6 Å². The average molecular weight is 459 g/mol. The Labute approximate surface area is 183 Å². The summed E-state index contributed by atoms with van der Waals surface area (Å²) in [7, 11) is 0. The maximum absolute atomic E-state index is 11.9. The standard InChI is InChI=1S/C19H18Cl3N3O4/c1-2-28-18(27)11-16-15(25-24-13-6-4-3-5-7-13)9-8-14(23-16)10-17(26)29-12-19(20,21)22/h3-9H,2,10-12H2,1H3. The Balaban J connectivity index is 2.19. The molecule has 0 saturated carbocycles. The van der Waals surface area contributed by atoms with E-state index in [9.17, 15) is 9.59 Å². The fraction of sp³-hybridized carbons (Fsp3) is 0.316. The van der Waals surface area contributed by atoms with E-state index in [0.29, 0.717) is 22.8 Å². The highest BCUT2D eigenvalue weighted by Gasteiger charge is 2.22. The van der Waals surface area contributed by atoms with Gasteiger partial charge in [-0.25, -0.2) is 0 Å². The van der Waals surface area contributed by atoms with Gasteiger partial charge in [0.15, 0.2) is 0 Å². The largest absolute Gasteiger partial charge is 0.466 e. The van der Waals surface area contributed by atoms with E-state index >= 15 is 0 Å². The molecule has 10 heteroatoms. The number of halogens is 3. The quantitative estimate of drug-likeness (QED) is 0.313. The van der Waals surface area contributed by atoms with E-state index in [4.69, 9.17) is 44.3 Å². The summed E-state index contributed by atoms with van der Waals surface area (Å²) in [5.41, 5.74) is 1.74. The first kappa shape index (κ1) is 23.1. The van der Waals surface area contributed by atoms with E-state index in [-0.39, 0.29) is 26.1 Å². The average Bonchev–Trinajstić information content (AvgIpc) is 2.66. The smallest absolute Gasteiger partial charge is 0.312 e. The van der Waals surface area contributed by atoms with Crippen molar-refractivity contribution in [3.63, 3.8) is 0 Å². The first-order valence-electron chi connectivity index (χ1n) is 8.60. The number of hydrogen-bond acceptors (Lipinski definition) is 7. The number of hydrogen-bond donors (Lipinski definition) is 0. The van der Waals surface area contributed by atoms with Crippen molar-refractivity contribution in [2.45, 2.75) is 23.6 Å². The summed E-state index contributed by atoms with van der Waals surface area (Å²) in [6.07, 6.45) is -0.277. The molecule has 0 fully saturated rings. The SMILES string of the molecule is CCOC(=O)Cc1nc(CC(=O)OCC(Cl)(Cl)Cl)ccc1N=Nc1ccccc1. The van der Waals surface area contributed by atoms with E-state index in [1.54, 1.807) is 31.2 Å². The molecule has 1 aromatic heterocycles. The fourth-order valence-corrected chi connectivity index (χ4v) is 2.34. The number of pyridine rings is 1. The first-order chi connectivity index (χ1) is 13.8. The zero-order chi connectivity index (χ0) is 21.3. The second kappa shape index (κ2) is 11.1. The summed E-state index contributed by atoms with van der Waals surface area (Å²) in [6, 6.07) is 12.3. The lowest BCUT2D eigenvalue weighted by Gasteiger charge is -2.11. The molecule has 2 rings (SSSR count). The van der Waals surface area contributed by atoms with Crippen molar-refractivity contribution in [2.75, 3.05) is 13.2 Å². The van der Waals surface area contributed by atoms with Crippen LogP contribution >= 0.6 is 34.8 Å². The van der Waals surface area contributed by atoms with Crippen molar-refractivity contribution < 1.29 is 19.1 Å². The summed E-state index contributed by atoms with van der Waals surface area (Å²) >= 11 is 16.7. The van der Waals surface area contributed by atoms with Gasteiger partial charge in [-0.05, 0) is 31.2 Å². The van der Waals surface area contributed by atoms with Crippen LogP contribution in [0.15, 0.2) is 52.7 Å². The minimum absolute atomic E-state index is 0.117. The van der Waals surface area contributed by atoms with Crippen LogP contribution in [0.1, 0.15) is 18.3 Å². The van der Waals surface area contributed by atoms with Gasteiger partial charge in [0.05, 0.1) is 36.5 Å². The molecule has 2 aromatic rings. The van der Waals surface area contributed by atoms with Gasteiger partial charge in [-0.1, -0.05) is 53.0 Å². The number of azo groups is 1. The third-order valence-corrected chi connectivity index (χ3v) is 3.70. The highest BCUT2D eigenvalue weighted by atomic mass is 35.6. The van der Waals surface area contributed by atoms with Gasteiger partial charge in [0.25, 0.3) is 0 Å². The highest BCUT2D eigenvalue weighted by Crippen LogP contribution is 2.26. The number of carbonyl (C=O) groups excluding carboxylic acids is 2. The van der Waals surface area contributed by atoms with Crippen molar-refractivity contribution in [1.82, 2.24) is 4.98 Å². The van der Waals surface area contributed by atoms with Gasteiger partial charge < -0.3 is 9.47 Å². The normalized spacial score (nSPS) is 11.4. The zero-order valence-electron chi connectivity index (χ0n) is 15.5. The van der Waals surface area contributed by atoms with Crippen molar-refractivity contribution in [2.24, 2.45) is 10.2 Å². The molecule has 0 N–H and O–H groups in total. The predicted molar refractivity (Wildman–Crippen MR) is 110 cm³/mol. The van der Waals surface area contributed by atoms with Crippen LogP contribution in [0.4, 0.5) is 11.4 Å². The monoisotopic (exact) mass is 457 g/mol. The Hall–Kier alpha value is -2.22. The lowest BCUT2D eigenvalue weighted by molar-refractivity contribution is -0.143. The van der Waals surface area contributed by atoms with Crippen molar-refractivity contribution >= 4 is 58.1 Å². The minimum Gasteiger partial charge on any atom is -0.466 e. The van der Waals surface area contributed by atoms with Crippen LogP contribution in [0.5, 0.6) is 0 Å². The van der Waals surface area contributed by atoms with E-state index in [2.05, 4.69) is 15.2 Å². The zero-order valence-corrected chi connectivity index (χ0v) is 17.7. The molecule has 0 aliphatic rings. The van der Waals surface area contributed by atoms with Crippen LogP contribution in [0.25, 0.3) is 0 Å². The van der Waals surface area contributed by atoms with Crippen LogP contribution in [-0.4, -0.2) is 33.9 Å². The lowest BCUT2D eigenvalue weighted by Crippen LogP contribution is -2.19. The van der Waals surface area contributed by atoms with Crippen molar-refractivity contribution in [3.8, 4) is 0 Å². The topological polar surface area (TPSA) is 90.2 Å². The number of carbonyl (C=O) groups is 2. The molecule has 0 atom stereocenters. The summed E-state index contributed by atoms with van der Waals surface area (Å²) in [5, 5.41) is 8.30. The molecule has 7 nitrogen and oxygen atoms in total. The van der Waals surface area contributed by atoms with E-state index in [1.165, 1.54) is 0 Å². The van der Waals surface area contributed by atoms with Gasteiger partial charge in [0.2, 0.25) is 3.79 Å². The highest BCUT2D eigenvalue weighted by molar-refractivity contribution is 6.67. The molecular weight excluding hydrogens is 441 g/mol. The first-order valence-corrected chi connectivity index (χ1v) is 9.74. The molecular formula is C19H18Cl3N3O4. The second-order valence-corrected chi connectivity index (χ2v) is 8.25. The summed E-state index contributed by atoms with van der Waals surface area (Å²) in [4.78, 5) is 28.2. The summed E-state index contributed by atoms with van der Waals surface area (Å²) in [5.74, 6) is -1.09. The number of rotatable bonds is 8. The number of aromatic nitrogens is 1. The van der Waals surface area contributed by atoms with E-state index in [1.807, 2.05) is 18.2 Å². The fourth-order valence-electron chi connectivity index (χ4n) is 2.18. The maximum atomic E-state index is 11.9. The number of benzene rings is 1. The van der Waals surface area contributed by atoms with Crippen LogP contribution < -0.4 is 0 Å². The Morgan fingerprint density at radius 1 is 0.966 bits per heavy atom. The number of esters is 2. The van der Waals surface area contributed by atoms with Gasteiger partial charge in [0.1, 0.15) is 12.3 Å². The summed E-state index contributed by atoms with van der Waals surface area (Å²) in [6.45, 7) is 1.57. The Morgan fingerprint density at radius 3 is 2.31 bits per heavy atom. The molecule has 0 bridgehead atoms. The molecule has 0 amide bonds. The van der Waals surface area contributed by atoms with Gasteiger partial charge in [0, 0.05) is 0 Å². The number of nitrogens with zero attached hydrogens (tertiary/aromatic N) is 3.